The maximum absolute atomic E-state index is 13.1. The van der Waals surface area contributed by atoms with Crippen molar-refractivity contribution in [3.05, 3.63) is 101 Å². The fourth-order valence-electron chi connectivity index (χ4n) is 3.38. The summed E-state index contributed by atoms with van der Waals surface area (Å²) in [5.74, 6) is 0.300. The number of methoxy groups -OCH3 is 1. The third-order valence-electron chi connectivity index (χ3n) is 5.00. The van der Waals surface area contributed by atoms with E-state index in [9.17, 15) is 8.42 Å². The lowest BCUT2D eigenvalue weighted by Crippen LogP contribution is -2.14. The van der Waals surface area contributed by atoms with Crippen LogP contribution >= 0.6 is 23.2 Å². The van der Waals surface area contributed by atoms with Gasteiger partial charge in [0.2, 0.25) is 0 Å². The SMILES string of the molecule is COc1ccc(S(=O)(=O)Nc2ccccc2-c2ccc(-c3ccccc3)cc2)c(Cl)c1Cl. The molecule has 4 aromatic rings. The van der Waals surface area contributed by atoms with Crippen molar-refractivity contribution >= 4 is 38.9 Å². The van der Waals surface area contributed by atoms with Crippen molar-refractivity contribution in [2.24, 2.45) is 0 Å². The zero-order valence-corrected chi connectivity index (χ0v) is 19.4. The number of hydrogen-bond donors (Lipinski definition) is 1. The molecule has 0 aliphatic rings. The topological polar surface area (TPSA) is 55.4 Å². The molecule has 0 spiro atoms. The lowest BCUT2D eigenvalue weighted by Gasteiger charge is -2.15. The molecule has 0 aliphatic carbocycles. The number of nitrogens with one attached hydrogen (secondary N) is 1. The molecule has 0 bridgehead atoms. The molecule has 0 fully saturated rings. The summed E-state index contributed by atoms with van der Waals surface area (Å²) in [7, 11) is -2.56. The Morgan fingerprint density at radius 1 is 0.688 bits per heavy atom. The van der Waals surface area contributed by atoms with Crippen molar-refractivity contribution in [3.8, 4) is 28.0 Å². The molecule has 0 saturated carbocycles. The van der Waals surface area contributed by atoms with Crippen LogP contribution in [0.1, 0.15) is 0 Å². The standard InChI is InChI=1S/C25H19Cl2NO3S/c1-31-22-15-16-23(25(27)24(22)26)32(29,30)28-21-10-6-5-9-20(21)19-13-11-18(12-14-19)17-7-3-2-4-8-17/h2-16,28H,1H3. The minimum atomic E-state index is -4.00. The number of anilines is 1. The summed E-state index contributed by atoms with van der Waals surface area (Å²) >= 11 is 12.4. The molecule has 0 saturated heterocycles. The Kier molecular flexibility index (Phi) is 6.42. The second-order valence-electron chi connectivity index (χ2n) is 6.99. The van der Waals surface area contributed by atoms with Gasteiger partial charge in [0.25, 0.3) is 10.0 Å². The zero-order valence-electron chi connectivity index (χ0n) is 17.0. The van der Waals surface area contributed by atoms with E-state index in [4.69, 9.17) is 27.9 Å². The summed E-state index contributed by atoms with van der Waals surface area (Å²) in [5.41, 5.74) is 4.24. The highest BCUT2D eigenvalue weighted by molar-refractivity contribution is 7.92. The molecule has 162 valence electrons. The molecule has 4 nitrogen and oxygen atoms in total. The molecule has 4 rings (SSSR count). The van der Waals surface area contributed by atoms with E-state index in [0.717, 1.165) is 22.3 Å². The third-order valence-corrected chi connectivity index (χ3v) is 7.38. The molecule has 0 aromatic heterocycles. The van der Waals surface area contributed by atoms with Gasteiger partial charge >= 0.3 is 0 Å². The fourth-order valence-corrected chi connectivity index (χ4v) is 5.30. The van der Waals surface area contributed by atoms with Crippen LogP contribution in [-0.4, -0.2) is 15.5 Å². The van der Waals surface area contributed by atoms with Gasteiger partial charge in [0.15, 0.2) is 0 Å². The summed E-state index contributed by atoms with van der Waals surface area (Å²) < 4.78 is 33.9. The monoisotopic (exact) mass is 483 g/mol. The lowest BCUT2D eigenvalue weighted by molar-refractivity contribution is 0.414. The predicted molar refractivity (Wildman–Crippen MR) is 131 cm³/mol. The van der Waals surface area contributed by atoms with E-state index in [1.165, 1.54) is 19.2 Å². The summed E-state index contributed by atoms with van der Waals surface area (Å²) in [6.07, 6.45) is 0. The van der Waals surface area contributed by atoms with E-state index in [0.29, 0.717) is 11.4 Å². The smallest absolute Gasteiger partial charge is 0.263 e. The van der Waals surface area contributed by atoms with Gasteiger partial charge in [-0.2, -0.15) is 0 Å². The van der Waals surface area contributed by atoms with Crippen molar-refractivity contribution in [2.45, 2.75) is 4.90 Å². The van der Waals surface area contributed by atoms with E-state index < -0.39 is 10.0 Å². The van der Waals surface area contributed by atoms with Gasteiger partial charge in [-0.1, -0.05) is 96.0 Å². The van der Waals surface area contributed by atoms with Crippen LogP contribution in [0.2, 0.25) is 10.0 Å². The minimum Gasteiger partial charge on any atom is -0.495 e. The molecular weight excluding hydrogens is 465 g/mol. The molecule has 0 aliphatic heterocycles. The van der Waals surface area contributed by atoms with E-state index in [1.54, 1.807) is 12.1 Å². The Labute approximate surface area is 197 Å². The summed E-state index contributed by atoms with van der Waals surface area (Å²) in [5, 5.41) is -0.0509. The van der Waals surface area contributed by atoms with Crippen molar-refractivity contribution in [1.29, 1.82) is 0 Å². The summed E-state index contributed by atoms with van der Waals surface area (Å²) in [6, 6.07) is 28.0. The number of sulfonamides is 1. The minimum absolute atomic E-state index is 0.0434. The summed E-state index contributed by atoms with van der Waals surface area (Å²) in [6.45, 7) is 0. The maximum Gasteiger partial charge on any atom is 0.263 e. The van der Waals surface area contributed by atoms with Gasteiger partial charge in [0.05, 0.1) is 17.8 Å². The highest BCUT2D eigenvalue weighted by atomic mass is 35.5. The number of ether oxygens (including phenoxy) is 1. The van der Waals surface area contributed by atoms with Gasteiger partial charge in [-0.3, -0.25) is 4.72 Å². The first-order valence-electron chi connectivity index (χ1n) is 9.70. The van der Waals surface area contributed by atoms with Crippen LogP contribution < -0.4 is 9.46 Å². The average Bonchev–Trinajstić information content (AvgIpc) is 2.81. The average molecular weight is 484 g/mol. The fraction of sp³-hybridized carbons (Fsp3) is 0.0400. The van der Waals surface area contributed by atoms with Gasteiger partial charge in [-0.15, -0.1) is 0 Å². The third kappa shape index (κ3) is 4.46. The number of rotatable bonds is 6. The van der Waals surface area contributed by atoms with Crippen LogP contribution in [-0.2, 0) is 10.0 Å². The van der Waals surface area contributed by atoms with Crippen LogP contribution in [0.15, 0.2) is 95.9 Å². The first-order chi connectivity index (χ1) is 15.4. The van der Waals surface area contributed by atoms with Crippen LogP contribution in [0.5, 0.6) is 5.75 Å². The zero-order chi connectivity index (χ0) is 22.7. The predicted octanol–water partition coefficient (Wildman–Crippen LogP) is 7.14. The number of para-hydroxylation sites is 1. The van der Waals surface area contributed by atoms with Crippen molar-refractivity contribution in [1.82, 2.24) is 0 Å². The second kappa shape index (κ2) is 9.25. The Bertz CT molecular complexity index is 1360. The van der Waals surface area contributed by atoms with Crippen LogP contribution in [0.4, 0.5) is 5.69 Å². The normalized spacial score (nSPS) is 11.2. The quantitative estimate of drug-likeness (QED) is 0.317. The number of hydrogen-bond acceptors (Lipinski definition) is 3. The van der Waals surface area contributed by atoms with E-state index in [-0.39, 0.29) is 14.9 Å². The number of benzene rings is 4. The first-order valence-corrected chi connectivity index (χ1v) is 11.9. The highest BCUT2D eigenvalue weighted by Gasteiger charge is 2.23. The van der Waals surface area contributed by atoms with E-state index in [1.807, 2.05) is 66.7 Å². The van der Waals surface area contributed by atoms with Crippen LogP contribution in [0.3, 0.4) is 0 Å². The Balaban J connectivity index is 1.68. The molecule has 0 unspecified atom stereocenters. The largest absolute Gasteiger partial charge is 0.495 e. The maximum atomic E-state index is 13.1. The highest BCUT2D eigenvalue weighted by Crippen LogP contribution is 2.38. The van der Waals surface area contributed by atoms with Crippen molar-refractivity contribution in [3.63, 3.8) is 0 Å². The molecule has 1 N–H and O–H groups in total. The van der Waals surface area contributed by atoms with Crippen LogP contribution in [0.25, 0.3) is 22.3 Å². The molecule has 0 atom stereocenters. The van der Waals surface area contributed by atoms with E-state index >= 15 is 0 Å². The molecular formula is C25H19Cl2NO3S. The summed E-state index contributed by atoms with van der Waals surface area (Å²) in [4.78, 5) is -0.126. The first kappa shape index (κ1) is 22.2. The molecule has 0 amide bonds. The molecule has 7 heteroatoms. The Morgan fingerprint density at radius 2 is 1.28 bits per heavy atom. The Hall–Kier alpha value is -2.99. The Morgan fingerprint density at radius 3 is 1.97 bits per heavy atom. The second-order valence-corrected chi connectivity index (χ2v) is 9.40. The van der Waals surface area contributed by atoms with E-state index in [2.05, 4.69) is 4.72 Å². The molecule has 4 aromatic carbocycles. The van der Waals surface area contributed by atoms with Gasteiger partial charge in [0, 0.05) is 5.56 Å². The molecule has 32 heavy (non-hydrogen) atoms. The van der Waals surface area contributed by atoms with Crippen molar-refractivity contribution < 1.29 is 13.2 Å². The van der Waals surface area contributed by atoms with Gasteiger partial charge in [-0.05, 0) is 34.9 Å². The molecule has 0 radical (unpaired) electrons. The van der Waals surface area contributed by atoms with Gasteiger partial charge in [0.1, 0.15) is 15.7 Å². The van der Waals surface area contributed by atoms with Crippen LogP contribution in [0, 0.1) is 0 Å². The number of halogens is 2. The molecule has 0 heterocycles. The van der Waals surface area contributed by atoms with Gasteiger partial charge < -0.3 is 4.74 Å². The lowest BCUT2D eigenvalue weighted by atomic mass is 9.99. The van der Waals surface area contributed by atoms with Gasteiger partial charge in [-0.25, -0.2) is 8.42 Å². The van der Waals surface area contributed by atoms with Crippen molar-refractivity contribution in [2.75, 3.05) is 11.8 Å².